The Morgan fingerprint density at radius 1 is 1.44 bits per heavy atom. The number of morpholine rings is 1. The monoisotopic (exact) mass is 250 g/mol. The lowest BCUT2D eigenvalue weighted by atomic mass is 10.1. The first kappa shape index (κ1) is 13.3. The maximum Gasteiger partial charge on any atom is 0.115 e. The summed E-state index contributed by atoms with van der Waals surface area (Å²) in [7, 11) is 2.11. The molecule has 2 rings (SSSR count). The molecule has 0 bridgehead atoms. The molecule has 1 fully saturated rings. The summed E-state index contributed by atoms with van der Waals surface area (Å²) in [4.78, 5) is 2.28. The molecule has 0 aliphatic carbocycles. The Labute approximate surface area is 109 Å². The third-order valence-corrected chi connectivity index (χ3v) is 3.53. The number of hydrogen-bond donors (Lipinski definition) is 2. The van der Waals surface area contributed by atoms with Crippen LogP contribution in [0.5, 0.6) is 5.75 Å². The first-order valence-electron chi connectivity index (χ1n) is 6.48. The van der Waals surface area contributed by atoms with Gasteiger partial charge in [-0.05, 0) is 31.7 Å². The van der Waals surface area contributed by atoms with Gasteiger partial charge in [-0.2, -0.15) is 0 Å². The quantitative estimate of drug-likeness (QED) is 0.847. The van der Waals surface area contributed by atoms with E-state index < -0.39 is 0 Å². The average Bonchev–Trinajstić information content (AvgIpc) is 2.40. The van der Waals surface area contributed by atoms with E-state index >= 15 is 0 Å². The molecule has 4 nitrogen and oxygen atoms in total. The minimum absolute atomic E-state index is 0.267. The van der Waals surface area contributed by atoms with Crippen LogP contribution in [0.4, 0.5) is 0 Å². The topological polar surface area (TPSA) is 44.7 Å². The molecular weight excluding hydrogens is 228 g/mol. The van der Waals surface area contributed by atoms with Crippen LogP contribution in [-0.2, 0) is 4.74 Å². The van der Waals surface area contributed by atoms with E-state index in [1.54, 1.807) is 12.1 Å². The Bertz CT molecular complexity index is 361. The van der Waals surface area contributed by atoms with Crippen molar-refractivity contribution in [2.24, 2.45) is 0 Å². The second-order valence-electron chi connectivity index (χ2n) is 4.90. The first-order chi connectivity index (χ1) is 8.66. The molecule has 4 heteroatoms. The molecule has 0 radical (unpaired) electrons. The second kappa shape index (κ2) is 6.18. The molecule has 1 aliphatic rings. The largest absolute Gasteiger partial charge is 0.508 e. The summed E-state index contributed by atoms with van der Waals surface area (Å²) < 4.78 is 5.71. The van der Waals surface area contributed by atoms with Gasteiger partial charge in [-0.15, -0.1) is 0 Å². The van der Waals surface area contributed by atoms with Crippen molar-refractivity contribution < 1.29 is 9.84 Å². The van der Waals surface area contributed by atoms with Gasteiger partial charge in [-0.3, -0.25) is 4.90 Å². The maximum atomic E-state index is 9.30. The van der Waals surface area contributed by atoms with E-state index in [0.29, 0.717) is 11.8 Å². The SMILES string of the molecule is CC(c1ccc(O)cc1)N(C)CC1CNCCO1. The number of benzene rings is 1. The Morgan fingerprint density at radius 2 is 2.17 bits per heavy atom. The number of phenols is 1. The van der Waals surface area contributed by atoms with Gasteiger partial charge in [-0.25, -0.2) is 0 Å². The zero-order valence-electron chi connectivity index (χ0n) is 11.1. The summed E-state index contributed by atoms with van der Waals surface area (Å²) >= 11 is 0. The minimum Gasteiger partial charge on any atom is -0.508 e. The number of ether oxygens (including phenoxy) is 1. The van der Waals surface area contributed by atoms with Gasteiger partial charge in [-0.1, -0.05) is 12.1 Å². The molecular formula is C14H22N2O2. The molecule has 0 aromatic heterocycles. The van der Waals surface area contributed by atoms with E-state index in [1.807, 2.05) is 12.1 Å². The van der Waals surface area contributed by atoms with Crippen molar-refractivity contribution in [2.75, 3.05) is 33.3 Å². The van der Waals surface area contributed by atoms with Crippen LogP contribution >= 0.6 is 0 Å². The van der Waals surface area contributed by atoms with Crippen molar-refractivity contribution in [3.05, 3.63) is 29.8 Å². The fourth-order valence-corrected chi connectivity index (χ4v) is 2.22. The van der Waals surface area contributed by atoms with Crippen LogP contribution in [0.1, 0.15) is 18.5 Å². The van der Waals surface area contributed by atoms with E-state index in [1.165, 1.54) is 5.56 Å². The summed E-state index contributed by atoms with van der Waals surface area (Å²) in [5, 5.41) is 12.6. The lowest BCUT2D eigenvalue weighted by Gasteiger charge is -2.31. The van der Waals surface area contributed by atoms with Crippen molar-refractivity contribution in [1.82, 2.24) is 10.2 Å². The van der Waals surface area contributed by atoms with Crippen molar-refractivity contribution >= 4 is 0 Å². The van der Waals surface area contributed by atoms with Crippen LogP contribution in [0.25, 0.3) is 0 Å². The highest BCUT2D eigenvalue weighted by atomic mass is 16.5. The number of nitrogens with one attached hydrogen (secondary N) is 1. The van der Waals surface area contributed by atoms with Crippen LogP contribution in [0.2, 0.25) is 0 Å². The zero-order chi connectivity index (χ0) is 13.0. The van der Waals surface area contributed by atoms with Gasteiger partial charge in [0.25, 0.3) is 0 Å². The van der Waals surface area contributed by atoms with E-state index in [4.69, 9.17) is 4.74 Å². The van der Waals surface area contributed by atoms with Crippen LogP contribution in [0.3, 0.4) is 0 Å². The summed E-state index contributed by atoms with van der Waals surface area (Å²) in [6, 6.07) is 7.72. The molecule has 18 heavy (non-hydrogen) atoms. The molecule has 2 N–H and O–H groups in total. The fraction of sp³-hybridized carbons (Fsp3) is 0.571. The smallest absolute Gasteiger partial charge is 0.115 e. The lowest BCUT2D eigenvalue weighted by Crippen LogP contribution is -2.44. The number of nitrogens with zero attached hydrogens (tertiary/aromatic N) is 1. The first-order valence-corrected chi connectivity index (χ1v) is 6.48. The van der Waals surface area contributed by atoms with Crippen molar-refractivity contribution in [2.45, 2.75) is 19.1 Å². The van der Waals surface area contributed by atoms with Gasteiger partial charge < -0.3 is 15.2 Å². The third-order valence-electron chi connectivity index (χ3n) is 3.53. The van der Waals surface area contributed by atoms with Crippen molar-refractivity contribution in [1.29, 1.82) is 0 Å². The van der Waals surface area contributed by atoms with Crippen LogP contribution in [0, 0.1) is 0 Å². The standard InChI is InChI=1S/C14H22N2O2/c1-11(12-3-5-13(17)6-4-12)16(2)10-14-9-15-7-8-18-14/h3-6,11,14-15,17H,7-10H2,1-2H3. The molecule has 1 heterocycles. The van der Waals surface area contributed by atoms with Gasteiger partial charge in [0.1, 0.15) is 5.75 Å². The van der Waals surface area contributed by atoms with Gasteiger partial charge in [0, 0.05) is 25.7 Å². The van der Waals surface area contributed by atoms with E-state index in [-0.39, 0.29) is 6.10 Å². The summed E-state index contributed by atoms with van der Waals surface area (Å²) in [5.41, 5.74) is 1.21. The molecule has 0 amide bonds. The summed E-state index contributed by atoms with van der Waals surface area (Å²) in [5.74, 6) is 0.313. The molecule has 1 aliphatic heterocycles. The van der Waals surface area contributed by atoms with Crippen LogP contribution < -0.4 is 5.32 Å². The average molecular weight is 250 g/mol. The van der Waals surface area contributed by atoms with Crippen molar-refractivity contribution in [3.63, 3.8) is 0 Å². The fourth-order valence-electron chi connectivity index (χ4n) is 2.22. The number of hydrogen-bond acceptors (Lipinski definition) is 4. The highest BCUT2D eigenvalue weighted by Gasteiger charge is 2.19. The Morgan fingerprint density at radius 3 is 2.78 bits per heavy atom. The van der Waals surface area contributed by atoms with Crippen LogP contribution in [0.15, 0.2) is 24.3 Å². The van der Waals surface area contributed by atoms with Gasteiger partial charge in [0.05, 0.1) is 12.7 Å². The molecule has 100 valence electrons. The Kier molecular flexibility index (Phi) is 4.58. The predicted molar refractivity (Wildman–Crippen MR) is 71.8 cm³/mol. The van der Waals surface area contributed by atoms with Crippen molar-refractivity contribution in [3.8, 4) is 5.75 Å². The predicted octanol–water partition coefficient (Wildman–Crippen LogP) is 1.37. The van der Waals surface area contributed by atoms with E-state index in [0.717, 1.165) is 26.2 Å². The molecule has 1 saturated heterocycles. The third kappa shape index (κ3) is 3.45. The zero-order valence-corrected chi connectivity index (χ0v) is 11.1. The van der Waals surface area contributed by atoms with Gasteiger partial charge >= 0.3 is 0 Å². The molecule has 0 saturated carbocycles. The summed E-state index contributed by atoms with van der Waals surface area (Å²) in [6.45, 7) is 5.75. The Balaban J connectivity index is 1.91. The van der Waals surface area contributed by atoms with Gasteiger partial charge in [0.2, 0.25) is 0 Å². The highest BCUT2D eigenvalue weighted by molar-refractivity contribution is 5.27. The maximum absolute atomic E-state index is 9.30. The number of phenolic OH excluding ortho intramolecular Hbond substituents is 1. The second-order valence-corrected chi connectivity index (χ2v) is 4.90. The molecule has 2 unspecified atom stereocenters. The summed E-state index contributed by atoms with van der Waals surface area (Å²) in [6.07, 6.45) is 0.267. The van der Waals surface area contributed by atoms with Crippen LogP contribution in [-0.4, -0.2) is 49.4 Å². The van der Waals surface area contributed by atoms with E-state index in [9.17, 15) is 5.11 Å². The molecule has 1 aromatic rings. The molecule has 1 aromatic carbocycles. The normalized spacial score (nSPS) is 22.1. The number of rotatable bonds is 4. The molecule has 0 spiro atoms. The molecule has 2 atom stereocenters. The number of aromatic hydroxyl groups is 1. The van der Waals surface area contributed by atoms with E-state index in [2.05, 4.69) is 24.2 Å². The highest BCUT2D eigenvalue weighted by Crippen LogP contribution is 2.21. The van der Waals surface area contributed by atoms with Gasteiger partial charge in [0.15, 0.2) is 0 Å². The number of likely N-dealkylation sites (N-methyl/N-ethyl adjacent to an activating group) is 1. The lowest BCUT2D eigenvalue weighted by molar-refractivity contribution is 0.00393. The Hall–Kier alpha value is -1.10. The minimum atomic E-state index is 0.267.